The molecule has 6 heteroatoms. The Labute approximate surface area is 128 Å². The summed E-state index contributed by atoms with van der Waals surface area (Å²) < 4.78 is 0. The number of aliphatic hydroxyl groups is 1. The minimum Gasteiger partial charge on any atom is -0.394 e. The molecule has 0 aromatic heterocycles. The van der Waals surface area contributed by atoms with Crippen LogP contribution in [-0.4, -0.2) is 35.6 Å². The van der Waals surface area contributed by atoms with Crippen LogP contribution in [0.1, 0.15) is 20.3 Å². The van der Waals surface area contributed by atoms with Crippen molar-refractivity contribution in [3.8, 4) is 0 Å². The first-order valence-corrected chi connectivity index (χ1v) is 7.22. The van der Waals surface area contributed by atoms with Crippen LogP contribution in [0.4, 0.5) is 5.69 Å². The molecule has 1 aromatic carbocycles. The monoisotopic (exact) mass is 310 g/mol. The van der Waals surface area contributed by atoms with Crippen LogP contribution in [0.5, 0.6) is 0 Å². The third kappa shape index (κ3) is 3.54. The second kappa shape index (κ2) is 6.03. The van der Waals surface area contributed by atoms with Gasteiger partial charge < -0.3 is 15.3 Å². The summed E-state index contributed by atoms with van der Waals surface area (Å²) in [4.78, 5) is 26.1. The topological polar surface area (TPSA) is 69.6 Å². The molecule has 21 heavy (non-hydrogen) atoms. The molecule has 1 fully saturated rings. The lowest BCUT2D eigenvalue weighted by molar-refractivity contribution is -0.133. The summed E-state index contributed by atoms with van der Waals surface area (Å²) in [6.07, 6.45) is 0.467. The number of nitrogens with zero attached hydrogens (tertiary/aromatic N) is 1. The maximum absolute atomic E-state index is 12.4. The molecule has 0 saturated carbocycles. The number of hydrogen-bond donors (Lipinski definition) is 2. The van der Waals surface area contributed by atoms with E-state index in [4.69, 9.17) is 11.6 Å². The molecule has 114 valence electrons. The van der Waals surface area contributed by atoms with E-state index in [2.05, 4.69) is 5.32 Å². The van der Waals surface area contributed by atoms with Crippen molar-refractivity contribution < 1.29 is 14.7 Å². The Balaban J connectivity index is 2.08. The zero-order valence-corrected chi connectivity index (χ0v) is 12.9. The maximum atomic E-state index is 12.4. The van der Waals surface area contributed by atoms with Crippen molar-refractivity contribution in [2.24, 2.45) is 5.92 Å². The van der Waals surface area contributed by atoms with E-state index >= 15 is 0 Å². The first-order chi connectivity index (χ1) is 9.84. The highest BCUT2D eigenvalue weighted by molar-refractivity contribution is 6.30. The molecule has 1 aliphatic heterocycles. The smallest absolute Gasteiger partial charge is 0.239 e. The number of aliphatic hydroxyl groups excluding tert-OH is 1. The number of nitrogens with one attached hydrogen (secondary N) is 1. The predicted octanol–water partition coefficient (Wildman–Crippen LogP) is 1.58. The normalized spacial score (nSPS) is 19.0. The Morgan fingerprint density at radius 1 is 1.43 bits per heavy atom. The van der Waals surface area contributed by atoms with Crippen LogP contribution in [0.3, 0.4) is 0 Å². The molecule has 2 rings (SSSR count). The minimum absolute atomic E-state index is 0.180. The van der Waals surface area contributed by atoms with Crippen molar-refractivity contribution in [1.29, 1.82) is 0 Å². The molecule has 1 aromatic rings. The SMILES string of the molecule is CC(C)(CO)NC(=O)C1CCN(c2ccc(Cl)cc2)C1=O. The van der Waals surface area contributed by atoms with Gasteiger partial charge in [0.2, 0.25) is 11.8 Å². The van der Waals surface area contributed by atoms with Crippen LogP contribution < -0.4 is 10.2 Å². The highest BCUT2D eigenvalue weighted by Crippen LogP contribution is 2.26. The van der Waals surface area contributed by atoms with Crippen LogP contribution >= 0.6 is 11.6 Å². The Kier molecular flexibility index (Phi) is 4.54. The van der Waals surface area contributed by atoms with E-state index in [-0.39, 0.29) is 18.4 Å². The van der Waals surface area contributed by atoms with Crippen LogP contribution in [0.15, 0.2) is 24.3 Å². The molecule has 5 nitrogen and oxygen atoms in total. The molecule has 1 atom stereocenters. The average molecular weight is 311 g/mol. The fourth-order valence-corrected chi connectivity index (χ4v) is 2.39. The minimum atomic E-state index is -0.731. The summed E-state index contributed by atoms with van der Waals surface area (Å²) in [7, 11) is 0. The third-order valence-electron chi connectivity index (χ3n) is 3.52. The first kappa shape index (κ1) is 15.8. The van der Waals surface area contributed by atoms with Gasteiger partial charge in [0.25, 0.3) is 0 Å². The van der Waals surface area contributed by atoms with Gasteiger partial charge in [-0.15, -0.1) is 0 Å². The van der Waals surface area contributed by atoms with E-state index in [0.29, 0.717) is 18.0 Å². The van der Waals surface area contributed by atoms with E-state index in [1.165, 1.54) is 0 Å². The van der Waals surface area contributed by atoms with Gasteiger partial charge >= 0.3 is 0 Å². The van der Waals surface area contributed by atoms with Gasteiger partial charge in [-0.1, -0.05) is 11.6 Å². The number of hydrogen-bond acceptors (Lipinski definition) is 3. The van der Waals surface area contributed by atoms with Gasteiger partial charge in [-0.3, -0.25) is 9.59 Å². The molecule has 1 unspecified atom stereocenters. The van der Waals surface area contributed by atoms with Crippen molar-refractivity contribution in [3.05, 3.63) is 29.3 Å². The van der Waals surface area contributed by atoms with Crippen molar-refractivity contribution in [2.75, 3.05) is 18.1 Å². The summed E-state index contributed by atoms with van der Waals surface area (Å²) in [5.74, 6) is -1.26. The molecule has 1 heterocycles. The van der Waals surface area contributed by atoms with Crippen molar-refractivity contribution in [1.82, 2.24) is 5.32 Å². The highest BCUT2D eigenvalue weighted by atomic mass is 35.5. The highest BCUT2D eigenvalue weighted by Gasteiger charge is 2.39. The maximum Gasteiger partial charge on any atom is 0.239 e. The van der Waals surface area contributed by atoms with Gasteiger partial charge in [-0.25, -0.2) is 0 Å². The van der Waals surface area contributed by atoms with Gasteiger partial charge in [0, 0.05) is 17.3 Å². The summed E-state index contributed by atoms with van der Waals surface area (Å²) >= 11 is 5.83. The third-order valence-corrected chi connectivity index (χ3v) is 3.77. The summed E-state index contributed by atoms with van der Waals surface area (Å²) in [6, 6.07) is 6.95. The number of rotatable bonds is 4. The Morgan fingerprint density at radius 2 is 2.05 bits per heavy atom. The van der Waals surface area contributed by atoms with Crippen molar-refractivity contribution in [3.63, 3.8) is 0 Å². The number of carbonyl (C=O) groups excluding carboxylic acids is 2. The fourth-order valence-electron chi connectivity index (χ4n) is 2.26. The largest absolute Gasteiger partial charge is 0.394 e. The lowest BCUT2D eigenvalue weighted by Crippen LogP contribution is -2.49. The van der Waals surface area contributed by atoms with E-state index in [1.54, 1.807) is 43.0 Å². The number of anilines is 1. The van der Waals surface area contributed by atoms with Crippen molar-refractivity contribution in [2.45, 2.75) is 25.8 Å². The van der Waals surface area contributed by atoms with Gasteiger partial charge in [0.15, 0.2) is 0 Å². The lowest BCUT2D eigenvalue weighted by atomic mass is 10.0. The summed E-state index contributed by atoms with van der Waals surface area (Å²) in [5, 5.41) is 12.5. The standard InChI is InChI=1S/C15H19ClN2O3/c1-15(2,9-19)17-13(20)12-7-8-18(14(12)21)11-5-3-10(16)4-6-11/h3-6,12,19H,7-9H2,1-2H3,(H,17,20). The molecule has 1 aliphatic rings. The van der Waals surface area contributed by atoms with E-state index in [1.807, 2.05) is 0 Å². The number of carbonyl (C=O) groups is 2. The number of amides is 2. The number of halogens is 1. The van der Waals surface area contributed by atoms with E-state index in [9.17, 15) is 14.7 Å². The molecule has 2 N–H and O–H groups in total. The fraction of sp³-hybridized carbons (Fsp3) is 0.467. The van der Waals surface area contributed by atoms with E-state index in [0.717, 1.165) is 5.69 Å². The average Bonchev–Trinajstić information content (AvgIpc) is 2.81. The Bertz CT molecular complexity index is 542. The summed E-state index contributed by atoms with van der Waals surface area (Å²) in [6.45, 7) is 3.74. The second-order valence-electron chi connectivity index (χ2n) is 5.84. The van der Waals surface area contributed by atoms with Gasteiger partial charge in [-0.2, -0.15) is 0 Å². The molecular weight excluding hydrogens is 292 g/mol. The molecule has 0 bridgehead atoms. The quantitative estimate of drug-likeness (QED) is 0.830. The van der Waals surface area contributed by atoms with Crippen LogP contribution in [0, 0.1) is 5.92 Å². The Morgan fingerprint density at radius 3 is 2.62 bits per heavy atom. The van der Waals surface area contributed by atoms with Crippen LogP contribution in [-0.2, 0) is 9.59 Å². The first-order valence-electron chi connectivity index (χ1n) is 6.84. The van der Waals surface area contributed by atoms with E-state index < -0.39 is 11.5 Å². The van der Waals surface area contributed by atoms with Crippen LogP contribution in [0.2, 0.25) is 5.02 Å². The molecular formula is C15H19ClN2O3. The van der Waals surface area contributed by atoms with Gasteiger partial charge in [-0.05, 0) is 44.5 Å². The van der Waals surface area contributed by atoms with Gasteiger partial charge in [0.05, 0.1) is 12.1 Å². The van der Waals surface area contributed by atoms with Crippen molar-refractivity contribution >= 4 is 29.1 Å². The van der Waals surface area contributed by atoms with Gasteiger partial charge in [0.1, 0.15) is 5.92 Å². The summed E-state index contributed by atoms with van der Waals surface area (Å²) in [5.41, 5.74) is 0.00605. The number of benzene rings is 1. The molecule has 0 spiro atoms. The molecule has 0 aliphatic carbocycles. The lowest BCUT2D eigenvalue weighted by Gasteiger charge is -2.25. The zero-order valence-electron chi connectivity index (χ0n) is 12.1. The molecule has 1 saturated heterocycles. The molecule has 2 amide bonds. The van der Waals surface area contributed by atoms with Crippen LogP contribution in [0.25, 0.3) is 0 Å². The Hall–Kier alpha value is -1.59. The molecule has 0 radical (unpaired) electrons. The second-order valence-corrected chi connectivity index (χ2v) is 6.28. The predicted molar refractivity (Wildman–Crippen MR) is 81.2 cm³/mol. The zero-order chi connectivity index (χ0) is 15.6.